The Hall–Kier alpha value is -2.77. The lowest BCUT2D eigenvalue weighted by molar-refractivity contribution is 0.726. The number of halogens is 1. The van der Waals surface area contributed by atoms with Crippen molar-refractivity contribution >= 4 is 34.6 Å². The Morgan fingerprint density at radius 3 is 2.86 bits per heavy atom. The highest BCUT2D eigenvalue weighted by atomic mass is 35.5. The van der Waals surface area contributed by atoms with Crippen LogP contribution in [0.5, 0.6) is 0 Å². The lowest BCUT2D eigenvalue weighted by atomic mass is 10.1. The first-order valence-corrected chi connectivity index (χ1v) is 10.2. The van der Waals surface area contributed by atoms with Gasteiger partial charge in [0.05, 0.1) is 18.4 Å². The second kappa shape index (κ2) is 8.50. The Balaban J connectivity index is 1.74. The number of allylic oxidation sites excluding steroid dienone is 1. The van der Waals surface area contributed by atoms with Crippen LogP contribution in [-0.4, -0.2) is 30.2 Å². The van der Waals surface area contributed by atoms with E-state index < -0.39 is 0 Å². The molecule has 8 heteroatoms. The standard InChI is InChI=1S/C20H19ClN6S/c1-2-19-22-12-16(27(19)13-14-6-3-4-8-18(14)21)10-15(20-23-25-26-24-20)11-17-7-5-9-28-17/h3-10,12H,2,11,13H2,1H3,(H,23,24,25,26)/b15-10+. The minimum absolute atomic E-state index is 0.594. The Morgan fingerprint density at radius 2 is 2.14 bits per heavy atom. The molecule has 4 aromatic rings. The molecule has 0 atom stereocenters. The van der Waals surface area contributed by atoms with Gasteiger partial charge in [-0.15, -0.1) is 21.5 Å². The lowest BCUT2D eigenvalue weighted by Crippen LogP contribution is -2.07. The monoisotopic (exact) mass is 410 g/mol. The Labute approximate surface area is 171 Å². The predicted octanol–water partition coefficient (Wildman–Crippen LogP) is 4.51. The first-order valence-electron chi connectivity index (χ1n) is 8.99. The van der Waals surface area contributed by atoms with E-state index in [2.05, 4.69) is 54.6 Å². The second-order valence-corrected chi connectivity index (χ2v) is 7.73. The van der Waals surface area contributed by atoms with Crippen LogP contribution < -0.4 is 0 Å². The summed E-state index contributed by atoms with van der Waals surface area (Å²) in [5.41, 5.74) is 3.04. The van der Waals surface area contributed by atoms with Gasteiger partial charge in [-0.2, -0.15) is 5.21 Å². The number of rotatable bonds is 7. The first-order chi connectivity index (χ1) is 13.7. The molecule has 0 unspecified atom stereocenters. The zero-order chi connectivity index (χ0) is 19.3. The van der Waals surface area contributed by atoms with Gasteiger partial charge in [-0.05, 0) is 34.4 Å². The Bertz CT molecular complexity index is 1070. The molecule has 1 aromatic carbocycles. The summed E-state index contributed by atoms with van der Waals surface area (Å²) >= 11 is 8.10. The molecule has 28 heavy (non-hydrogen) atoms. The molecule has 3 heterocycles. The molecule has 0 saturated carbocycles. The van der Waals surface area contributed by atoms with E-state index in [0.717, 1.165) is 40.5 Å². The number of hydrogen-bond acceptors (Lipinski definition) is 5. The average Bonchev–Trinajstić information content (AvgIpc) is 3.46. The molecule has 0 bridgehead atoms. The van der Waals surface area contributed by atoms with Crippen molar-refractivity contribution in [3.05, 3.63) is 80.8 Å². The minimum Gasteiger partial charge on any atom is -0.324 e. The Morgan fingerprint density at radius 1 is 1.25 bits per heavy atom. The van der Waals surface area contributed by atoms with Gasteiger partial charge < -0.3 is 4.57 Å². The zero-order valence-electron chi connectivity index (χ0n) is 15.3. The molecule has 0 aliphatic carbocycles. The van der Waals surface area contributed by atoms with E-state index in [1.165, 1.54) is 4.88 Å². The molecule has 142 valence electrons. The summed E-state index contributed by atoms with van der Waals surface area (Å²) in [6.07, 6.45) is 5.55. The lowest BCUT2D eigenvalue weighted by Gasteiger charge is -2.12. The fraction of sp³-hybridized carbons (Fsp3) is 0.200. The minimum atomic E-state index is 0.594. The van der Waals surface area contributed by atoms with Crippen molar-refractivity contribution in [2.75, 3.05) is 0 Å². The molecule has 0 spiro atoms. The number of aryl methyl sites for hydroxylation is 1. The van der Waals surface area contributed by atoms with E-state index in [4.69, 9.17) is 11.6 Å². The van der Waals surface area contributed by atoms with E-state index in [-0.39, 0.29) is 0 Å². The third-order valence-electron chi connectivity index (χ3n) is 4.47. The highest BCUT2D eigenvalue weighted by Gasteiger charge is 2.14. The summed E-state index contributed by atoms with van der Waals surface area (Å²) in [6.45, 7) is 2.76. The number of aromatic nitrogens is 6. The van der Waals surface area contributed by atoms with Gasteiger partial charge in [0.1, 0.15) is 5.82 Å². The highest BCUT2D eigenvalue weighted by Crippen LogP contribution is 2.24. The molecule has 0 amide bonds. The number of nitrogens with zero attached hydrogens (tertiary/aromatic N) is 5. The van der Waals surface area contributed by atoms with Gasteiger partial charge in [0.2, 0.25) is 5.82 Å². The normalized spacial score (nSPS) is 11.9. The van der Waals surface area contributed by atoms with Gasteiger partial charge >= 0.3 is 0 Å². The number of thiophene rings is 1. The third-order valence-corrected chi connectivity index (χ3v) is 5.72. The van der Waals surface area contributed by atoms with Crippen molar-refractivity contribution in [1.29, 1.82) is 0 Å². The van der Waals surface area contributed by atoms with Crippen molar-refractivity contribution in [2.24, 2.45) is 0 Å². The van der Waals surface area contributed by atoms with Gasteiger partial charge in [0, 0.05) is 28.3 Å². The molecule has 0 fully saturated rings. The molecule has 4 rings (SSSR count). The fourth-order valence-electron chi connectivity index (χ4n) is 3.08. The highest BCUT2D eigenvalue weighted by molar-refractivity contribution is 7.10. The number of tetrazole rings is 1. The summed E-state index contributed by atoms with van der Waals surface area (Å²) in [7, 11) is 0. The number of benzene rings is 1. The fourth-order valence-corrected chi connectivity index (χ4v) is 4.00. The predicted molar refractivity (Wildman–Crippen MR) is 112 cm³/mol. The molecule has 0 aliphatic rings. The van der Waals surface area contributed by atoms with Crippen molar-refractivity contribution in [3.63, 3.8) is 0 Å². The van der Waals surface area contributed by atoms with E-state index in [1.54, 1.807) is 11.3 Å². The van der Waals surface area contributed by atoms with Crippen LogP contribution >= 0.6 is 22.9 Å². The number of hydrogen-bond donors (Lipinski definition) is 1. The molecule has 3 aromatic heterocycles. The smallest absolute Gasteiger partial charge is 0.201 e. The topological polar surface area (TPSA) is 72.3 Å². The van der Waals surface area contributed by atoms with Gasteiger partial charge in [0.15, 0.2) is 0 Å². The maximum atomic E-state index is 6.39. The number of nitrogens with one attached hydrogen (secondary N) is 1. The van der Waals surface area contributed by atoms with Crippen LogP contribution in [0.1, 0.15) is 34.7 Å². The van der Waals surface area contributed by atoms with E-state index in [9.17, 15) is 0 Å². The third kappa shape index (κ3) is 4.05. The van der Waals surface area contributed by atoms with Gasteiger partial charge in [0.25, 0.3) is 0 Å². The summed E-state index contributed by atoms with van der Waals surface area (Å²) in [6, 6.07) is 12.1. The van der Waals surface area contributed by atoms with Crippen LogP contribution in [0.2, 0.25) is 5.02 Å². The number of aromatic amines is 1. The van der Waals surface area contributed by atoms with E-state index in [0.29, 0.717) is 12.4 Å². The van der Waals surface area contributed by atoms with Gasteiger partial charge in [-0.1, -0.05) is 42.8 Å². The molecule has 1 N–H and O–H groups in total. The van der Waals surface area contributed by atoms with E-state index >= 15 is 0 Å². The van der Waals surface area contributed by atoms with Gasteiger partial charge in [-0.3, -0.25) is 0 Å². The summed E-state index contributed by atoms with van der Waals surface area (Å²) in [4.78, 5) is 5.85. The SMILES string of the molecule is CCc1ncc(/C=C(\Cc2cccs2)c2nn[nH]n2)n1Cc1ccccc1Cl. The largest absolute Gasteiger partial charge is 0.324 e. The van der Waals surface area contributed by atoms with Crippen LogP contribution in [-0.2, 0) is 19.4 Å². The Kier molecular flexibility index (Phi) is 5.64. The second-order valence-electron chi connectivity index (χ2n) is 6.29. The van der Waals surface area contributed by atoms with Crippen molar-refractivity contribution in [2.45, 2.75) is 26.3 Å². The number of H-pyrrole nitrogens is 1. The number of imidazole rings is 1. The maximum Gasteiger partial charge on any atom is 0.201 e. The molecular formula is C20H19ClN6S. The average molecular weight is 411 g/mol. The zero-order valence-corrected chi connectivity index (χ0v) is 16.9. The van der Waals surface area contributed by atoms with Crippen LogP contribution in [0, 0.1) is 0 Å². The van der Waals surface area contributed by atoms with Crippen molar-refractivity contribution in [1.82, 2.24) is 30.2 Å². The van der Waals surface area contributed by atoms with Crippen LogP contribution in [0.4, 0.5) is 0 Å². The summed E-state index contributed by atoms with van der Waals surface area (Å²) in [5, 5.41) is 17.5. The molecule has 0 saturated heterocycles. The van der Waals surface area contributed by atoms with Crippen molar-refractivity contribution < 1.29 is 0 Å². The molecule has 6 nitrogen and oxygen atoms in total. The van der Waals surface area contributed by atoms with Crippen LogP contribution in [0.3, 0.4) is 0 Å². The maximum absolute atomic E-state index is 6.39. The molecule has 0 aliphatic heterocycles. The van der Waals surface area contributed by atoms with Crippen LogP contribution in [0.15, 0.2) is 48.0 Å². The van der Waals surface area contributed by atoms with Gasteiger partial charge in [-0.25, -0.2) is 4.98 Å². The van der Waals surface area contributed by atoms with E-state index in [1.807, 2.05) is 36.5 Å². The van der Waals surface area contributed by atoms with Crippen LogP contribution in [0.25, 0.3) is 11.6 Å². The quantitative estimate of drug-likeness (QED) is 0.486. The van der Waals surface area contributed by atoms with Crippen molar-refractivity contribution in [3.8, 4) is 0 Å². The summed E-state index contributed by atoms with van der Waals surface area (Å²) in [5.74, 6) is 1.60. The first kappa shape index (κ1) is 18.6. The summed E-state index contributed by atoms with van der Waals surface area (Å²) < 4.78 is 2.19. The molecular weight excluding hydrogens is 392 g/mol. The molecule has 0 radical (unpaired) electrons.